The zero-order valence-electron chi connectivity index (χ0n) is 8.41. The van der Waals surface area contributed by atoms with Crippen molar-refractivity contribution in [1.82, 2.24) is 9.96 Å². The van der Waals surface area contributed by atoms with E-state index in [1.54, 1.807) is 0 Å². The highest BCUT2D eigenvalue weighted by Gasteiger charge is 2.15. The van der Waals surface area contributed by atoms with Crippen LogP contribution >= 0.6 is 0 Å². The summed E-state index contributed by atoms with van der Waals surface area (Å²) in [6, 6.07) is 0. The van der Waals surface area contributed by atoms with Gasteiger partial charge in [0.25, 0.3) is 0 Å². The lowest BCUT2D eigenvalue weighted by Gasteiger charge is -2.33. The zero-order chi connectivity index (χ0) is 9.52. The summed E-state index contributed by atoms with van der Waals surface area (Å²) < 4.78 is 0. The van der Waals surface area contributed by atoms with Gasteiger partial charge in [-0.05, 0) is 13.0 Å². The number of hydrogen-bond donors (Lipinski definition) is 1. The minimum atomic E-state index is 0.217. The van der Waals surface area contributed by atoms with Crippen molar-refractivity contribution in [3.8, 4) is 0 Å². The quantitative estimate of drug-likeness (QED) is 0.613. The second kappa shape index (κ2) is 6.32. The fraction of sp³-hybridized carbons (Fsp3) is 1.00. The molecule has 1 N–H and O–H groups in total. The molecule has 1 fully saturated rings. The fourth-order valence-electron chi connectivity index (χ4n) is 1.43. The van der Waals surface area contributed by atoms with Gasteiger partial charge in [0.15, 0.2) is 0 Å². The van der Waals surface area contributed by atoms with E-state index >= 15 is 0 Å². The van der Waals surface area contributed by atoms with Crippen LogP contribution in [0.15, 0.2) is 0 Å². The first-order valence-corrected chi connectivity index (χ1v) is 5.08. The molecule has 0 atom stereocenters. The molecule has 4 heteroatoms. The number of likely N-dealkylation sites (N-methyl/N-ethyl adjacent to an activating group) is 1. The van der Waals surface area contributed by atoms with Gasteiger partial charge in [-0.3, -0.25) is 4.84 Å². The first kappa shape index (κ1) is 10.9. The van der Waals surface area contributed by atoms with Crippen molar-refractivity contribution >= 4 is 0 Å². The Hall–Kier alpha value is -0.160. The van der Waals surface area contributed by atoms with Crippen molar-refractivity contribution in [2.45, 2.75) is 13.3 Å². The van der Waals surface area contributed by atoms with E-state index in [1.165, 1.54) is 0 Å². The van der Waals surface area contributed by atoms with Crippen LogP contribution in [0, 0.1) is 0 Å². The van der Waals surface area contributed by atoms with E-state index in [0.717, 1.165) is 39.1 Å². The lowest BCUT2D eigenvalue weighted by molar-refractivity contribution is -0.178. The summed E-state index contributed by atoms with van der Waals surface area (Å²) in [4.78, 5) is 7.87. The van der Waals surface area contributed by atoms with Crippen LogP contribution in [0.25, 0.3) is 0 Å². The van der Waals surface area contributed by atoms with Crippen LogP contribution in [0.5, 0.6) is 0 Å². The van der Waals surface area contributed by atoms with Gasteiger partial charge in [-0.25, -0.2) is 0 Å². The predicted octanol–water partition coefficient (Wildman–Crippen LogP) is -0.0621. The third-order valence-corrected chi connectivity index (χ3v) is 2.35. The van der Waals surface area contributed by atoms with Crippen LogP contribution in [0.2, 0.25) is 0 Å². The minimum absolute atomic E-state index is 0.217. The van der Waals surface area contributed by atoms with Crippen molar-refractivity contribution in [1.29, 1.82) is 0 Å². The van der Waals surface area contributed by atoms with Crippen LogP contribution < -0.4 is 0 Å². The molecule has 0 radical (unpaired) electrons. The molecule has 0 bridgehead atoms. The molecule has 0 amide bonds. The molecule has 4 nitrogen and oxygen atoms in total. The van der Waals surface area contributed by atoms with Crippen LogP contribution in [0.1, 0.15) is 13.3 Å². The van der Waals surface area contributed by atoms with Crippen LogP contribution in [0.3, 0.4) is 0 Å². The topological polar surface area (TPSA) is 35.9 Å². The molecule has 0 saturated carbocycles. The van der Waals surface area contributed by atoms with Gasteiger partial charge in [0.2, 0.25) is 0 Å². The van der Waals surface area contributed by atoms with E-state index < -0.39 is 0 Å². The van der Waals surface area contributed by atoms with Crippen molar-refractivity contribution in [3.63, 3.8) is 0 Å². The van der Waals surface area contributed by atoms with Gasteiger partial charge in [-0.15, -0.1) is 0 Å². The Balaban J connectivity index is 2.03. The zero-order valence-corrected chi connectivity index (χ0v) is 8.41. The van der Waals surface area contributed by atoms with E-state index in [1.807, 2.05) is 5.06 Å². The van der Waals surface area contributed by atoms with Gasteiger partial charge in [0.1, 0.15) is 0 Å². The molecular formula is C9H20N2O2. The normalized spacial score (nSPS) is 20.8. The maximum atomic E-state index is 8.57. The summed E-state index contributed by atoms with van der Waals surface area (Å²) in [6.07, 6.45) is 0.730. The molecule has 0 aromatic heterocycles. The summed E-state index contributed by atoms with van der Waals surface area (Å²) in [6.45, 7) is 8.33. The molecule has 0 aromatic rings. The Morgan fingerprint density at radius 3 is 2.46 bits per heavy atom. The van der Waals surface area contributed by atoms with Crippen LogP contribution in [-0.4, -0.2) is 61.0 Å². The van der Waals surface area contributed by atoms with Crippen LogP contribution in [0.4, 0.5) is 0 Å². The summed E-state index contributed by atoms with van der Waals surface area (Å²) in [5, 5.41) is 10.6. The standard InChI is InChI=1S/C9H20N2O2/c1-2-10-4-6-11(7-5-10)13-9-3-8-12/h12H,2-9H2,1H3. The highest BCUT2D eigenvalue weighted by atomic mass is 16.7. The van der Waals surface area contributed by atoms with Gasteiger partial charge < -0.3 is 10.0 Å². The molecule has 1 aliphatic heterocycles. The Bertz CT molecular complexity index is 122. The Kier molecular flexibility index (Phi) is 5.31. The average Bonchev–Trinajstić information content (AvgIpc) is 2.19. The smallest absolute Gasteiger partial charge is 0.0706 e. The van der Waals surface area contributed by atoms with Gasteiger partial charge in [-0.2, -0.15) is 5.06 Å². The summed E-state index contributed by atoms with van der Waals surface area (Å²) >= 11 is 0. The van der Waals surface area contributed by atoms with E-state index in [0.29, 0.717) is 6.61 Å². The molecule has 0 aliphatic carbocycles. The van der Waals surface area contributed by atoms with Crippen molar-refractivity contribution < 1.29 is 9.94 Å². The van der Waals surface area contributed by atoms with Crippen molar-refractivity contribution in [3.05, 3.63) is 0 Å². The highest BCUT2D eigenvalue weighted by molar-refractivity contribution is 4.65. The first-order chi connectivity index (χ1) is 6.36. The second-order valence-corrected chi connectivity index (χ2v) is 3.27. The monoisotopic (exact) mass is 188 g/mol. The molecule has 78 valence electrons. The van der Waals surface area contributed by atoms with E-state index in [2.05, 4.69) is 11.8 Å². The molecule has 0 aromatic carbocycles. The molecule has 1 saturated heterocycles. The highest BCUT2D eigenvalue weighted by Crippen LogP contribution is 2.01. The van der Waals surface area contributed by atoms with E-state index in [4.69, 9.17) is 9.94 Å². The molecular weight excluding hydrogens is 168 g/mol. The number of piperazine rings is 1. The van der Waals surface area contributed by atoms with Crippen molar-refractivity contribution in [2.24, 2.45) is 0 Å². The van der Waals surface area contributed by atoms with Crippen molar-refractivity contribution in [2.75, 3.05) is 45.9 Å². The predicted molar refractivity (Wildman–Crippen MR) is 51.3 cm³/mol. The number of hydroxylamine groups is 2. The molecule has 1 rings (SSSR count). The number of nitrogens with zero attached hydrogens (tertiary/aromatic N) is 2. The second-order valence-electron chi connectivity index (χ2n) is 3.27. The third kappa shape index (κ3) is 4.04. The molecule has 0 spiro atoms. The largest absolute Gasteiger partial charge is 0.396 e. The van der Waals surface area contributed by atoms with Gasteiger partial charge >= 0.3 is 0 Å². The minimum Gasteiger partial charge on any atom is -0.396 e. The molecule has 1 aliphatic rings. The molecule has 1 heterocycles. The van der Waals surface area contributed by atoms with E-state index in [9.17, 15) is 0 Å². The lowest BCUT2D eigenvalue weighted by Crippen LogP contribution is -2.46. The SMILES string of the molecule is CCN1CCN(OCCCO)CC1. The Morgan fingerprint density at radius 2 is 1.92 bits per heavy atom. The van der Waals surface area contributed by atoms with Gasteiger partial charge in [0.05, 0.1) is 6.61 Å². The van der Waals surface area contributed by atoms with E-state index in [-0.39, 0.29) is 6.61 Å². The lowest BCUT2D eigenvalue weighted by atomic mass is 10.3. The Labute approximate surface area is 80.0 Å². The van der Waals surface area contributed by atoms with Gasteiger partial charge in [-0.1, -0.05) is 6.92 Å². The molecule has 0 unspecified atom stereocenters. The summed E-state index contributed by atoms with van der Waals surface area (Å²) in [5.74, 6) is 0. The fourth-order valence-corrected chi connectivity index (χ4v) is 1.43. The number of aliphatic hydroxyl groups is 1. The third-order valence-electron chi connectivity index (χ3n) is 2.35. The average molecular weight is 188 g/mol. The maximum absolute atomic E-state index is 8.57. The molecule has 13 heavy (non-hydrogen) atoms. The number of hydrogen-bond acceptors (Lipinski definition) is 4. The number of aliphatic hydroxyl groups excluding tert-OH is 1. The Morgan fingerprint density at radius 1 is 1.23 bits per heavy atom. The summed E-state index contributed by atoms with van der Waals surface area (Å²) in [5.41, 5.74) is 0. The van der Waals surface area contributed by atoms with Crippen LogP contribution in [-0.2, 0) is 4.84 Å². The van der Waals surface area contributed by atoms with Gasteiger partial charge in [0, 0.05) is 32.8 Å². The maximum Gasteiger partial charge on any atom is 0.0706 e. The summed E-state index contributed by atoms with van der Waals surface area (Å²) in [7, 11) is 0. The first-order valence-electron chi connectivity index (χ1n) is 5.08. The number of rotatable bonds is 5.